The molecule has 1 radical (unpaired) electrons. The van der Waals surface area contributed by atoms with Crippen LogP contribution < -0.4 is 0 Å². The minimum atomic E-state index is -1.49. The molecule has 0 aromatic carbocycles. The zero-order valence-corrected chi connectivity index (χ0v) is 14.3. The fourth-order valence-electron chi connectivity index (χ4n) is 2.30. The van der Waals surface area contributed by atoms with E-state index in [1.54, 1.807) is 0 Å². The number of aliphatic hydroxyl groups excluding tert-OH is 5. The smallest absolute Gasteiger partial charge is 0.183 e. The molecule has 0 saturated carbocycles. The molecule has 2 fully saturated rings. The van der Waals surface area contributed by atoms with Crippen LogP contribution in [0, 0.1) is 6.92 Å². The normalized spacial score (nSPS) is 47.7. The summed E-state index contributed by atoms with van der Waals surface area (Å²) in [6.07, 6.45) is -8.04. The van der Waals surface area contributed by atoms with Crippen LogP contribution in [0.4, 0.5) is 0 Å². The topological polar surface area (TPSA) is 129 Å². The van der Waals surface area contributed by atoms with Crippen molar-refractivity contribution in [2.24, 2.45) is 0 Å². The number of ether oxygens (including phenoxy) is 3. The molecule has 2 aliphatic rings. The average Bonchev–Trinajstić information content (AvgIpc) is 2.38. The van der Waals surface area contributed by atoms with Crippen LogP contribution in [0.2, 0.25) is 0 Å². The molecule has 0 aromatic rings. The first-order chi connectivity index (χ1) is 9.38. The molecule has 2 saturated heterocycles. The maximum absolute atomic E-state index is 9.72. The van der Waals surface area contributed by atoms with Crippen molar-refractivity contribution >= 4 is 0 Å². The minimum absolute atomic E-state index is 0. The van der Waals surface area contributed by atoms with E-state index in [0.717, 1.165) is 0 Å². The fraction of sp³-hybridized carbons (Fsp3) is 0.917. The molecule has 0 aromatic heterocycles. The number of hydrogen-bond acceptors (Lipinski definition) is 8. The van der Waals surface area contributed by atoms with E-state index in [0.29, 0.717) is 0 Å². The Morgan fingerprint density at radius 1 is 0.952 bits per heavy atom. The van der Waals surface area contributed by atoms with Crippen LogP contribution in [0.3, 0.4) is 0 Å². The first-order valence-electron chi connectivity index (χ1n) is 6.54. The van der Waals surface area contributed by atoms with Crippen LogP contribution in [0.25, 0.3) is 0 Å². The SMILES string of the molecule is [CH2-]C1CC(O)C(O)C(OCC2CC(O)C(O)C(O)O2)O1.[Y]. The van der Waals surface area contributed by atoms with E-state index < -0.39 is 49.2 Å². The molecule has 0 amide bonds. The molecule has 9 heteroatoms. The van der Waals surface area contributed by atoms with E-state index in [4.69, 9.17) is 14.2 Å². The summed E-state index contributed by atoms with van der Waals surface area (Å²) in [6.45, 7) is 3.58. The maximum atomic E-state index is 9.72. The molecule has 2 rings (SSSR count). The van der Waals surface area contributed by atoms with E-state index in [-0.39, 0.29) is 52.2 Å². The van der Waals surface area contributed by atoms with E-state index >= 15 is 0 Å². The first-order valence-corrected chi connectivity index (χ1v) is 6.54. The van der Waals surface area contributed by atoms with Crippen LogP contribution in [0.1, 0.15) is 12.8 Å². The molecule has 121 valence electrons. The van der Waals surface area contributed by atoms with Crippen molar-refractivity contribution in [3.05, 3.63) is 6.92 Å². The van der Waals surface area contributed by atoms with Gasteiger partial charge in [0.05, 0.1) is 24.9 Å². The van der Waals surface area contributed by atoms with Crippen LogP contribution in [-0.2, 0) is 46.9 Å². The molecule has 5 N–H and O–H groups in total. The van der Waals surface area contributed by atoms with Crippen molar-refractivity contribution in [3.8, 4) is 0 Å². The van der Waals surface area contributed by atoms with Crippen molar-refractivity contribution in [1.29, 1.82) is 0 Å². The van der Waals surface area contributed by atoms with Crippen molar-refractivity contribution in [3.63, 3.8) is 0 Å². The van der Waals surface area contributed by atoms with E-state index in [1.807, 2.05) is 0 Å². The summed E-state index contributed by atoms with van der Waals surface area (Å²) in [5.41, 5.74) is 0. The third kappa shape index (κ3) is 5.14. The molecule has 0 aliphatic carbocycles. The van der Waals surface area contributed by atoms with Gasteiger partial charge in [-0.05, 0) is 6.42 Å². The predicted octanol–water partition coefficient (Wildman–Crippen LogP) is -2.50. The average molecular weight is 382 g/mol. The molecule has 0 bridgehead atoms. The minimum Gasteiger partial charge on any atom is -0.390 e. The molecule has 8 unspecified atom stereocenters. The van der Waals surface area contributed by atoms with Gasteiger partial charge in [0.2, 0.25) is 0 Å². The zero-order chi connectivity index (χ0) is 14.9. The Balaban J connectivity index is 0.00000220. The molecule has 8 nitrogen and oxygen atoms in total. The molecule has 0 spiro atoms. The third-order valence-corrected chi connectivity index (χ3v) is 3.47. The van der Waals surface area contributed by atoms with E-state index in [1.165, 1.54) is 0 Å². The van der Waals surface area contributed by atoms with Crippen LogP contribution in [0.15, 0.2) is 0 Å². The van der Waals surface area contributed by atoms with Crippen LogP contribution >= 0.6 is 0 Å². The largest absolute Gasteiger partial charge is 0.390 e. The number of hydrogen-bond donors (Lipinski definition) is 5. The van der Waals surface area contributed by atoms with Gasteiger partial charge in [-0.3, -0.25) is 0 Å². The van der Waals surface area contributed by atoms with Gasteiger partial charge in [0.15, 0.2) is 12.6 Å². The second-order valence-electron chi connectivity index (χ2n) is 5.20. The predicted molar refractivity (Wildman–Crippen MR) is 64.1 cm³/mol. The Morgan fingerprint density at radius 2 is 1.57 bits per heavy atom. The standard InChI is InChI=1S/C12H21O8.Y/c1-5-2-7(13)10(16)12(19-5)18-4-6-3-8(14)9(15)11(17)20-6;/h5-17H,1-4H2;/q-1;. The van der Waals surface area contributed by atoms with Gasteiger partial charge in [0.25, 0.3) is 0 Å². The molecule has 2 aliphatic heterocycles. The number of aliphatic hydroxyl groups is 5. The summed E-state index contributed by atoms with van der Waals surface area (Å²) in [4.78, 5) is 0. The van der Waals surface area contributed by atoms with E-state index in [9.17, 15) is 25.5 Å². The summed E-state index contributed by atoms with van der Waals surface area (Å²) < 4.78 is 15.6. The van der Waals surface area contributed by atoms with Gasteiger partial charge in [0.1, 0.15) is 12.2 Å². The van der Waals surface area contributed by atoms with Gasteiger partial charge < -0.3 is 46.7 Å². The molecular weight excluding hydrogens is 361 g/mol. The van der Waals surface area contributed by atoms with Gasteiger partial charge in [-0.2, -0.15) is 0 Å². The first kappa shape index (κ1) is 19.8. The van der Waals surface area contributed by atoms with Crippen molar-refractivity contribution in [2.45, 2.75) is 62.0 Å². The molecule has 21 heavy (non-hydrogen) atoms. The third-order valence-electron chi connectivity index (χ3n) is 3.47. The van der Waals surface area contributed by atoms with Crippen molar-refractivity contribution < 1.29 is 72.5 Å². The van der Waals surface area contributed by atoms with Gasteiger partial charge in [-0.25, -0.2) is 0 Å². The second kappa shape index (κ2) is 8.58. The molecule has 8 atom stereocenters. The fourth-order valence-corrected chi connectivity index (χ4v) is 2.30. The zero-order valence-electron chi connectivity index (χ0n) is 11.5. The Labute approximate surface area is 147 Å². The van der Waals surface area contributed by atoms with Gasteiger partial charge in [-0.1, -0.05) is 6.10 Å². The van der Waals surface area contributed by atoms with Crippen molar-refractivity contribution in [1.82, 2.24) is 0 Å². The summed E-state index contributed by atoms with van der Waals surface area (Å²) >= 11 is 0. The van der Waals surface area contributed by atoms with Crippen molar-refractivity contribution in [2.75, 3.05) is 6.61 Å². The maximum Gasteiger partial charge on any atom is 0.183 e. The Morgan fingerprint density at radius 3 is 2.19 bits per heavy atom. The van der Waals surface area contributed by atoms with Gasteiger partial charge in [0, 0.05) is 39.1 Å². The monoisotopic (exact) mass is 382 g/mol. The van der Waals surface area contributed by atoms with Gasteiger partial charge >= 0.3 is 0 Å². The van der Waals surface area contributed by atoms with Crippen LogP contribution in [-0.4, -0.2) is 81.3 Å². The summed E-state index contributed by atoms with van der Waals surface area (Å²) in [5.74, 6) is 0. The van der Waals surface area contributed by atoms with Gasteiger partial charge in [-0.15, -0.1) is 0 Å². The Kier molecular flexibility index (Phi) is 8.11. The Hall–Kier alpha value is 0.784. The summed E-state index contributed by atoms with van der Waals surface area (Å²) in [7, 11) is 0. The quantitative estimate of drug-likeness (QED) is 0.339. The second-order valence-corrected chi connectivity index (χ2v) is 5.20. The van der Waals surface area contributed by atoms with E-state index in [2.05, 4.69) is 6.92 Å². The summed E-state index contributed by atoms with van der Waals surface area (Å²) in [6, 6.07) is 0. The Bertz CT molecular complexity index is 308. The molecular formula is C12H21O8Y-. The molecule has 2 heterocycles. The summed E-state index contributed by atoms with van der Waals surface area (Å²) in [5, 5.41) is 47.5. The number of rotatable bonds is 3. The van der Waals surface area contributed by atoms with Crippen LogP contribution in [0.5, 0.6) is 0 Å².